The van der Waals surface area contributed by atoms with Gasteiger partial charge in [0.1, 0.15) is 5.76 Å². The van der Waals surface area contributed by atoms with Gasteiger partial charge in [-0.25, -0.2) is 0 Å². The van der Waals surface area contributed by atoms with Crippen molar-refractivity contribution >= 4 is 28.6 Å². The highest BCUT2D eigenvalue weighted by Gasteiger charge is 2.17. The predicted molar refractivity (Wildman–Crippen MR) is 111 cm³/mol. The SMILES string of the molecule is CC.CC/C=C(\C(O)=C/N)c1n[nH]c(=S)n1-c1cccc2ccccc12. The van der Waals surface area contributed by atoms with Crippen LogP contribution < -0.4 is 5.73 Å². The molecule has 5 nitrogen and oxygen atoms in total. The Balaban J connectivity index is 0.00000117. The molecular formula is C20H24N4OS. The Morgan fingerprint density at radius 3 is 2.62 bits per heavy atom. The molecule has 0 atom stereocenters. The molecule has 6 heteroatoms. The number of aromatic amines is 1. The molecular weight excluding hydrogens is 344 g/mol. The number of allylic oxidation sites excluding steroid dienone is 2. The number of aliphatic hydroxyl groups excluding tert-OH is 1. The number of nitrogens with zero attached hydrogens (tertiary/aromatic N) is 2. The third-order valence-electron chi connectivity index (χ3n) is 3.76. The van der Waals surface area contributed by atoms with Crippen molar-refractivity contribution in [2.75, 3.05) is 0 Å². The number of nitrogens with two attached hydrogens (primary N) is 1. The van der Waals surface area contributed by atoms with Crippen LogP contribution in [0.15, 0.2) is 60.5 Å². The summed E-state index contributed by atoms with van der Waals surface area (Å²) in [5.41, 5.74) is 6.94. The van der Waals surface area contributed by atoms with E-state index >= 15 is 0 Å². The van der Waals surface area contributed by atoms with Crippen molar-refractivity contribution < 1.29 is 5.11 Å². The van der Waals surface area contributed by atoms with Crippen molar-refractivity contribution in [3.05, 3.63) is 71.1 Å². The molecule has 0 aliphatic carbocycles. The topological polar surface area (TPSA) is 79.9 Å². The van der Waals surface area contributed by atoms with Crippen LogP contribution in [0.5, 0.6) is 0 Å². The van der Waals surface area contributed by atoms with E-state index in [-0.39, 0.29) is 5.76 Å². The van der Waals surface area contributed by atoms with Crippen molar-refractivity contribution in [2.24, 2.45) is 5.73 Å². The van der Waals surface area contributed by atoms with Gasteiger partial charge in [0, 0.05) is 11.6 Å². The van der Waals surface area contributed by atoms with Crippen molar-refractivity contribution in [1.29, 1.82) is 0 Å². The number of hydrogen-bond donors (Lipinski definition) is 3. The van der Waals surface area contributed by atoms with Crippen LogP contribution in [0.1, 0.15) is 33.0 Å². The summed E-state index contributed by atoms with van der Waals surface area (Å²) in [6.45, 7) is 5.98. The number of fused-ring (bicyclic) bond motifs is 1. The van der Waals surface area contributed by atoms with Crippen LogP contribution in [-0.2, 0) is 0 Å². The fourth-order valence-corrected chi connectivity index (χ4v) is 2.94. The highest BCUT2D eigenvalue weighted by molar-refractivity contribution is 7.71. The molecule has 0 aliphatic rings. The zero-order valence-electron chi connectivity index (χ0n) is 15.2. The van der Waals surface area contributed by atoms with Gasteiger partial charge in [-0.05, 0) is 30.1 Å². The minimum Gasteiger partial charge on any atom is -0.506 e. The first-order valence-electron chi connectivity index (χ1n) is 8.64. The first-order chi connectivity index (χ1) is 12.7. The molecule has 26 heavy (non-hydrogen) atoms. The molecule has 1 aromatic heterocycles. The van der Waals surface area contributed by atoms with Crippen molar-refractivity contribution in [2.45, 2.75) is 27.2 Å². The van der Waals surface area contributed by atoms with Gasteiger partial charge in [0.25, 0.3) is 0 Å². The maximum Gasteiger partial charge on any atom is 0.200 e. The molecule has 136 valence electrons. The molecule has 0 spiro atoms. The molecule has 2 aromatic carbocycles. The molecule has 4 N–H and O–H groups in total. The summed E-state index contributed by atoms with van der Waals surface area (Å²) < 4.78 is 2.27. The van der Waals surface area contributed by atoms with Crippen LogP contribution in [0, 0.1) is 4.77 Å². The van der Waals surface area contributed by atoms with Crippen molar-refractivity contribution in [3.8, 4) is 5.69 Å². The molecule has 0 bridgehead atoms. The van der Waals surface area contributed by atoms with E-state index in [0.717, 1.165) is 29.1 Å². The van der Waals surface area contributed by atoms with E-state index in [1.165, 1.54) is 0 Å². The number of benzene rings is 2. The average molecular weight is 369 g/mol. The Morgan fingerprint density at radius 2 is 1.92 bits per heavy atom. The van der Waals surface area contributed by atoms with Crippen molar-refractivity contribution in [3.63, 3.8) is 0 Å². The Kier molecular flexibility index (Phi) is 6.74. The predicted octanol–water partition coefficient (Wildman–Crippen LogP) is 5.26. The van der Waals surface area contributed by atoms with E-state index in [9.17, 15) is 5.11 Å². The largest absolute Gasteiger partial charge is 0.506 e. The third-order valence-corrected chi connectivity index (χ3v) is 4.04. The summed E-state index contributed by atoms with van der Waals surface area (Å²) in [4.78, 5) is 0. The molecule has 0 aliphatic heterocycles. The molecule has 1 heterocycles. The highest BCUT2D eigenvalue weighted by atomic mass is 32.1. The van der Waals surface area contributed by atoms with E-state index in [4.69, 9.17) is 18.0 Å². The fourth-order valence-electron chi connectivity index (χ4n) is 2.71. The smallest absolute Gasteiger partial charge is 0.200 e. The lowest BCUT2D eigenvalue weighted by Gasteiger charge is -2.12. The summed E-state index contributed by atoms with van der Waals surface area (Å²) >= 11 is 5.43. The van der Waals surface area contributed by atoms with Crippen LogP contribution in [0.25, 0.3) is 22.0 Å². The van der Waals surface area contributed by atoms with Gasteiger partial charge in [0.15, 0.2) is 10.6 Å². The normalized spacial score (nSPS) is 12.0. The van der Waals surface area contributed by atoms with Gasteiger partial charge in [0.05, 0.1) is 11.3 Å². The molecule has 0 saturated heterocycles. The Bertz CT molecular complexity index is 993. The second kappa shape index (κ2) is 9.01. The second-order valence-electron chi connectivity index (χ2n) is 5.26. The lowest BCUT2D eigenvalue weighted by atomic mass is 10.1. The second-order valence-corrected chi connectivity index (χ2v) is 5.65. The maximum atomic E-state index is 10.2. The molecule has 0 saturated carbocycles. The number of aromatic nitrogens is 3. The monoisotopic (exact) mass is 368 g/mol. The van der Waals surface area contributed by atoms with Crippen LogP contribution in [0.2, 0.25) is 0 Å². The first kappa shape index (κ1) is 19.5. The Hall–Kier alpha value is -2.86. The average Bonchev–Trinajstić information content (AvgIpc) is 3.07. The zero-order valence-corrected chi connectivity index (χ0v) is 16.0. The number of H-pyrrole nitrogens is 1. The molecule has 0 fully saturated rings. The standard InChI is InChI=1S/C18H18N4OS.C2H6/c1-2-6-14(16(23)11-19)17-20-21-18(24)22(17)15-10-5-8-12-7-3-4-9-13(12)15;1-2/h3-11,23H,2,19H2,1H3,(H,21,24);1-2H3/b14-6+,16-11+;. The van der Waals surface area contributed by atoms with Gasteiger partial charge >= 0.3 is 0 Å². The van der Waals surface area contributed by atoms with Gasteiger partial charge in [0.2, 0.25) is 0 Å². The van der Waals surface area contributed by atoms with Gasteiger partial charge in [-0.15, -0.1) is 0 Å². The lowest BCUT2D eigenvalue weighted by molar-refractivity contribution is 0.435. The summed E-state index contributed by atoms with van der Waals surface area (Å²) in [5.74, 6) is 0.490. The molecule has 3 aromatic rings. The minimum atomic E-state index is -0.0349. The summed E-state index contributed by atoms with van der Waals surface area (Å²) in [5, 5.41) is 19.4. The zero-order chi connectivity index (χ0) is 19.1. The number of aliphatic hydroxyl groups is 1. The van der Waals surface area contributed by atoms with Gasteiger partial charge in [-0.1, -0.05) is 63.2 Å². The molecule has 3 rings (SSSR count). The summed E-state index contributed by atoms with van der Waals surface area (Å²) in [6.07, 6.45) is 3.75. The number of nitrogens with one attached hydrogen (secondary N) is 1. The Labute approximate surface area is 158 Å². The van der Waals surface area contributed by atoms with E-state index in [2.05, 4.69) is 10.2 Å². The Morgan fingerprint density at radius 1 is 1.23 bits per heavy atom. The maximum absolute atomic E-state index is 10.2. The van der Waals surface area contributed by atoms with Gasteiger partial charge in [-0.2, -0.15) is 5.10 Å². The number of hydrogen-bond acceptors (Lipinski definition) is 4. The van der Waals surface area contributed by atoms with E-state index < -0.39 is 0 Å². The highest BCUT2D eigenvalue weighted by Crippen LogP contribution is 2.27. The molecule has 0 unspecified atom stereocenters. The number of rotatable bonds is 4. The van der Waals surface area contributed by atoms with Crippen molar-refractivity contribution in [1.82, 2.24) is 14.8 Å². The van der Waals surface area contributed by atoms with Crippen LogP contribution in [-0.4, -0.2) is 19.9 Å². The van der Waals surface area contributed by atoms with Crippen LogP contribution in [0.3, 0.4) is 0 Å². The quantitative estimate of drug-likeness (QED) is 0.333. The summed E-state index contributed by atoms with van der Waals surface area (Å²) in [6, 6.07) is 14.0. The molecule has 0 radical (unpaired) electrons. The minimum absolute atomic E-state index is 0.0349. The third kappa shape index (κ3) is 3.70. The van der Waals surface area contributed by atoms with E-state index in [1.807, 2.05) is 73.9 Å². The van der Waals surface area contributed by atoms with Crippen LogP contribution >= 0.6 is 12.2 Å². The van der Waals surface area contributed by atoms with Gasteiger partial charge in [-0.3, -0.25) is 9.67 Å². The fraction of sp³-hybridized carbons (Fsp3) is 0.200. The first-order valence-corrected chi connectivity index (χ1v) is 9.05. The van der Waals surface area contributed by atoms with E-state index in [0.29, 0.717) is 16.2 Å². The molecule has 0 amide bonds. The summed E-state index contributed by atoms with van der Waals surface area (Å²) in [7, 11) is 0. The van der Waals surface area contributed by atoms with Crippen LogP contribution in [0.4, 0.5) is 0 Å². The van der Waals surface area contributed by atoms with Gasteiger partial charge < -0.3 is 10.8 Å². The lowest BCUT2D eigenvalue weighted by Crippen LogP contribution is -2.04. The van der Waals surface area contributed by atoms with E-state index in [1.54, 1.807) is 0 Å².